The fourth-order valence-electron chi connectivity index (χ4n) is 4.25. The molecule has 8 heteroatoms. The predicted octanol–water partition coefficient (Wildman–Crippen LogP) is 2.33. The average Bonchev–Trinajstić information content (AvgIpc) is 2.93. The van der Waals surface area contributed by atoms with Crippen LogP contribution in [0.5, 0.6) is 0 Å². The lowest BCUT2D eigenvalue weighted by Crippen LogP contribution is -2.59. The van der Waals surface area contributed by atoms with E-state index in [0.29, 0.717) is 19.4 Å². The smallest absolute Gasteiger partial charge is 0.243 e. The van der Waals surface area contributed by atoms with Crippen LogP contribution in [0.25, 0.3) is 0 Å². The van der Waals surface area contributed by atoms with Crippen molar-refractivity contribution in [2.75, 3.05) is 13.1 Å². The molecule has 1 amide bonds. The first kappa shape index (κ1) is 20.0. The minimum atomic E-state index is -3.69. The van der Waals surface area contributed by atoms with Crippen LogP contribution in [0, 0.1) is 5.82 Å². The lowest BCUT2D eigenvalue weighted by Gasteiger charge is -2.44. The summed E-state index contributed by atoms with van der Waals surface area (Å²) >= 11 is 0. The van der Waals surface area contributed by atoms with E-state index >= 15 is 0 Å². The van der Waals surface area contributed by atoms with Crippen LogP contribution in [0.15, 0.2) is 59.5 Å². The summed E-state index contributed by atoms with van der Waals surface area (Å²) in [6.45, 7) is 2.91. The minimum Gasteiger partial charge on any atom is -0.319 e. The van der Waals surface area contributed by atoms with E-state index in [-0.39, 0.29) is 29.9 Å². The SMILES string of the molecule is CC1NC2(CCN(S(=O)(=O)c3ccc(F)cc3)CC2)N(Cc2ccccc2)C1=O. The van der Waals surface area contributed by atoms with Gasteiger partial charge in [-0.15, -0.1) is 0 Å². The fraction of sp³-hybridized carbons (Fsp3) is 0.381. The summed E-state index contributed by atoms with van der Waals surface area (Å²) in [4.78, 5) is 14.8. The zero-order chi connectivity index (χ0) is 20.6. The highest BCUT2D eigenvalue weighted by Crippen LogP contribution is 2.35. The zero-order valence-corrected chi connectivity index (χ0v) is 17.0. The van der Waals surface area contributed by atoms with Crippen molar-refractivity contribution in [1.29, 1.82) is 0 Å². The van der Waals surface area contributed by atoms with Crippen LogP contribution in [0.4, 0.5) is 4.39 Å². The number of sulfonamides is 1. The molecule has 2 aliphatic rings. The van der Waals surface area contributed by atoms with Crippen LogP contribution in [-0.4, -0.2) is 48.3 Å². The van der Waals surface area contributed by atoms with Gasteiger partial charge in [-0.25, -0.2) is 12.8 Å². The Hall–Kier alpha value is -2.29. The lowest BCUT2D eigenvalue weighted by molar-refractivity contribution is -0.133. The topological polar surface area (TPSA) is 69.7 Å². The van der Waals surface area contributed by atoms with E-state index in [1.807, 2.05) is 42.2 Å². The fourth-order valence-corrected chi connectivity index (χ4v) is 5.69. The molecule has 2 aromatic carbocycles. The van der Waals surface area contributed by atoms with E-state index in [4.69, 9.17) is 0 Å². The molecule has 2 aliphatic heterocycles. The number of hydrogen-bond acceptors (Lipinski definition) is 4. The third-order valence-electron chi connectivity index (χ3n) is 5.82. The zero-order valence-electron chi connectivity index (χ0n) is 16.2. The van der Waals surface area contributed by atoms with Crippen molar-refractivity contribution in [3.63, 3.8) is 0 Å². The first-order valence-corrected chi connectivity index (χ1v) is 11.1. The molecule has 2 heterocycles. The van der Waals surface area contributed by atoms with Gasteiger partial charge in [0.05, 0.1) is 16.6 Å². The Balaban J connectivity index is 1.53. The molecule has 0 radical (unpaired) electrons. The molecule has 29 heavy (non-hydrogen) atoms. The van der Waals surface area contributed by atoms with Crippen LogP contribution in [0.1, 0.15) is 25.3 Å². The summed E-state index contributed by atoms with van der Waals surface area (Å²) in [6.07, 6.45) is 0.993. The Morgan fingerprint density at radius 3 is 2.31 bits per heavy atom. The number of carbonyl (C=O) groups excluding carboxylic acids is 1. The maximum Gasteiger partial charge on any atom is 0.243 e. The van der Waals surface area contributed by atoms with E-state index in [0.717, 1.165) is 17.7 Å². The van der Waals surface area contributed by atoms with Crippen molar-refractivity contribution in [2.24, 2.45) is 0 Å². The summed E-state index contributed by atoms with van der Waals surface area (Å²) in [7, 11) is -3.69. The second-order valence-corrected chi connectivity index (χ2v) is 9.60. The van der Waals surface area contributed by atoms with Gasteiger partial charge in [0.25, 0.3) is 0 Å². The summed E-state index contributed by atoms with van der Waals surface area (Å²) in [5, 5.41) is 3.41. The van der Waals surface area contributed by atoms with E-state index in [2.05, 4.69) is 5.32 Å². The van der Waals surface area contributed by atoms with Gasteiger partial charge in [-0.05, 0) is 49.6 Å². The third-order valence-corrected chi connectivity index (χ3v) is 7.74. The van der Waals surface area contributed by atoms with Gasteiger partial charge in [0.2, 0.25) is 15.9 Å². The van der Waals surface area contributed by atoms with Gasteiger partial charge in [0, 0.05) is 19.6 Å². The van der Waals surface area contributed by atoms with Gasteiger partial charge in [-0.1, -0.05) is 30.3 Å². The predicted molar refractivity (Wildman–Crippen MR) is 107 cm³/mol. The first-order chi connectivity index (χ1) is 13.8. The van der Waals surface area contributed by atoms with Gasteiger partial charge < -0.3 is 4.90 Å². The number of nitrogens with zero attached hydrogens (tertiary/aromatic N) is 2. The average molecular weight is 418 g/mol. The second-order valence-electron chi connectivity index (χ2n) is 7.67. The maximum absolute atomic E-state index is 13.2. The van der Waals surface area contributed by atoms with Crippen molar-refractivity contribution in [2.45, 2.75) is 42.9 Å². The van der Waals surface area contributed by atoms with E-state index in [1.54, 1.807) is 0 Å². The van der Waals surface area contributed by atoms with E-state index < -0.39 is 21.5 Å². The first-order valence-electron chi connectivity index (χ1n) is 9.71. The van der Waals surface area contributed by atoms with Crippen LogP contribution >= 0.6 is 0 Å². The lowest BCUT2D eigenvalue weighted by atomic mass is 9.96. The van der Waals surface area contributed by atoms with Crippen LogP contribution < -0.4 is 5.32 Å². The van der Waals surface area contributed by atoms with Crippen LogP contribution in [0.2, 0.25) is 0 Å². The van der Waals surface area contributed by atoms with Crippen molar-refractivity contribution >= 4 is 15.9 Å². The number of benzene rings is 2. The largest absolute Gasteiger partial charge is 0.319 e. The molecule has 1 N–H and O–H groups in total. The van der Waals surface area contributed by atoms with Gasteiger partial charge >= 0.3 is 0 Å². The molecular weight excluding hydrogens is 393 g/mol. The van der Waals surface area contributed by atoms with Gasteiger partial charge in [0.1, 0.15) is 5.82 Å². The molecule has 154 valence electrons. The number of carbonyl (C=O) groups is 1. The van der Waals surface area contributed by atoms with Gasteiger partial charge in [0.15, 0.2) is 0 Å². The molecule has 1 spiro atoms. The monoisotopic (exact) mass is 417 g/mol. The summed E-state index contributed by atoms with van der Waals surface area (Å²) in [5.41, 5.74) is 0.485. The molecular formula is C21H24FN3O3S. The molecule has 2 aromatic rings. The molecule has 4 rings (SSSR count). The summed E-state index contributed by atoms with van der Waals surface area (Å²) in [5.74, 6) is -0.440. The Labute approximate surface area is 170 Å². The Morgan fingerprint density at radius 1 is 1.07 bits per heavy atom. The molecule has 0 saturated carbocycles. The number of nitrogens with one attached hydrogen (secondary N) is 1. The van der Waals surface area contributed by atoms with Crippen molar-refractivity contribution in [3.8, 4) is 0 Å². The van der Waals surface area contributed by atoms with Gasteiger partial charge in [-0.2, -0.15) is 4.31 Å². The Bertz CT molecular complexity index is 988. The van der Waals surface area contributed by atoms with Crippen LogP contribution in [-0.2, 0) is 21.4 Å². The molecule has 0 aliphatic carbocycles. The highest BCUT2D eigenvalue weighted by atomic mass is 32.2. The van der Waals surface area contributed by atoms with Crippen molar-refractivity contribution in [1.82, 2.24) is 14.5 Å². The number of halogens is 1. The molecule has 1 atom stereocenters. The Kier molecular flexibility index (Phi) is 5.18. The van der Waals surface area contributed by atoms with Gasteiger partial charge in [-0.3, -0.25) is 10.1 Å². The molecule has 1 unspecified atom stereocenters. The second kappa shape index (κ2) is 7.51. The van der Waals surface area contributed by atoms with E-state index in [9.17, 15) is 17.6 Å². The minimum absolute atomic E-state index is 0.0312. The standard InChI is InChI=1S/C21H24FN3O3S/c1-16-20(26)25(15-17-5-3-2-4-6-17)21(23-16)11-13-24(14-12-21)29(27,28)19-9-7-18(22)8-10-19/h2-10,16,23H,11-15H2,1H3. The normalized spacial score (nSPS) is 22.3. The molecule has 2 fully saturated rings. The summed E-state index contributed by atoms with van der Waals surface area (Å²) in [6, 6.07) is 14.4. The van der Waals surface area contributed by atoms with E-state index in [1.165, 1.54) is 16.4 Å². The summed E-state index contributed by atoms with van der Waals surface area (Å²) < 4.78 is 40.4. The highest BCUT2D eigenvalue weighted by Gasteiger charge is 2.51. The Morgan fingerprint density at radius 2 is 1.69 bits per heavy atom. The van der Waals surface area contributed by atoms with Crippen molar-refractivity contribution in [3.05, 3.63) is 66.0 Å². The van der Waals surface area contributed by atoms with Crippen LogP contribution in [0.3, 0.4) is 0 Å². The number of rotatable bonds is 4. The number of piperidine rings is 1. The molecule has 6 nitrogen and oxygen atoms in total. The molecule has 0 aromatic heterocycles. The quantitative estimate of drug-likeness (QED) is 0.829. The molecule has 2 saturated heterocycles. The molecule has 0 bridgehead atoms. The number of amides is 1. The number of hydrogen-bond donors (Lipinski definition) is 1. The third kappa shape index (κ3) is 3.68. The van der Waals surface area contributed by atoms with Crippen molar-refractivity contribution < 1.29 is 17.6 Å². The highest BCUT2D eigenvalue weighted by molar-refractivity contribution is 7.89. The maximum atomic E-state index is 13.2.